The molecule has 3 unspecified atom stereocenters. The molecule has 1 heterocycles. The molecule has 1 saturated heterocycles. The van der Waals surface area contributed by atoms with Gasteiger partial charge >= 0.3 is 0 Å². The Kier molecular flexibility index (Phi) is 10.2. The Bertz CT molecular complexity index is 821. The van der Waals surface area contributed by atoms with E-state index in [0.29, 0.717) is 31.6 Å². The van der Waals surface area contributed by atoms with Gasteiger partial charge in [-0.05, 0) is 49.0 Å². The van der Waals surface area contributed by atoms with Gasteiger partial charge in [0.1, 0.15) is 23.9 Å². The lowest BCUT2D eigenvalue weighted by Gasteiger charge is -2.29. The van der Waals surface area contributed by atoms with Crippen LogP contribution in [-0.2, 0) is 25.6 Å². The smallest absolute Gasteiger partial charge is 0.246 e. The Morgan fingerprint density at radius 2 is 1.91 bits per heavy atom. The highest BCUT2D eigenvalue weighted by Gasteiger charge is 2.38. The molecule has 1 fully saturated rings. The van der Waals surface area contributed by atoms with E-state index >= 15 is 0 Å². The predicted octanol–water partition coefficient (Wildman–Crippen LogP) is 0.0635. The fraction of sp³-hybridized carbons (Fsp3) is 0.524. The van der Waals surface area contributed by atoms with E-state index in [-0.39, 0.29) is 23.8 Å². The van der Waals surface area contributed by atoms with Gasteiger partial charge in [-0.3, -0.25) is 19.2 Å². The number of nitrogens with one attached hydrogen (secondary N) is 2. The third-order valence-electron chi connectivity index (χ3n) is 5.26. The van der Waals surface area contributed by atoms with Crippen molar-refractivity contribution in [3.63, 3.8) is 0 Å². The summed E-state index contributed by atoms with van der Waals surface area (Å²) in [6, 6.07) is 3.90. The van der Waals surface area contributed by atoms with Crippen LogP contribution in [0.2, 0.25) is 0 Å². The van der Waals surface area contributed by atoms with Crippen molar-refractivity contribution >= 4 is 48.0 Å². The summed E-state index contributed by atoms with van der Waals surface area (Å²) in [7, 11) is 0. The minimum Gasteiger partial charge on any atom is -0.508 e. The minimum absolute atomic E-state index is 0.0843. The van der Waals surface area contributed by atoms with Gasteiger partial charge in [0, 0.05) is 13.0 Å². The number of carbonyl (C=O) groups is 4. The molecule has 0 aliphatic carbocycles. The number of rotatable bonds is 11. The molecule has 1 aliphatic rings. The first-order valence-electron chi connectivity index (χ1n) is 10.3. The fourth-order valence-electron chi connectivity index (χ4n) is 3.60. The van der Waals surface area contributed by atoms with Crippen LogP contribution in [0.5, 0.6) is 5.75 Å². The number of hydrogen-bond donors (Lipinski definition) is 5. The van der Waals surface area contributed by atoms with Crippen LogP contribution in [0.1, 0.15) is 24.8 Å². The molecule has 0 spiro atoms. The van der Waals surface area contributed by atoms with E-state index in [1.54, 1.807) is 12.1 Å². The van der Waals surface area contributed by atoms with E-state index < -0.39 is 35.8 Å². The van der Waals surface area contributed by atoms with Crippen molar-refractivity contribution < 1.29 is 24.3 Å². The maximum absolute atomic E-state index is 13.3. The molecule has 2 rings (SSSR count). The van der Waals surface area contributed by atoms with E-state index in [9.17, 15) is 24.3 Å². The lowest BCUT2D eigenvalue weighted by molar-refractivity contribution is -0.141. The Morgan fingerprint density at radius 3 is 2.50 bits per heavy atom. The molecule has 1 aromatic rings. The fourth-order valence-corrected chi connectivity index (χ4v) is 4.16. The minimum atomic E-state index is -0.893. The van der Waals surface area contributed by atoms with Crippen molar-refractivity contribution in [1.29, 1.82) is 0 Å². The molecule has 11 heteroatoms. The summed E-state index contributed by atoms with van der Waals surface area (Å²) in [6.45, 7) is 0.367. The number of phenolic OH excluding ortho intramolecular Hbond substituents is 1. The van der Waals surface area contributed by atoms with Crippen LogP contribution in [0.4, 0.5) is 0 Å². The highest BCUT2D eigenvalue weighted by molar-refractivity contribution is 7.98. The van der Waals surface area contributed by atoms with Gasteiger partial charge in [0.25, 0.3) is 0 Å². The maximum atomic E-state index is 13.3. The number of nitrogens with two attached hydrogens (primary N) is 1. The van der Waals surface area contributed by atoms with Crippen molar-refractivity contribution in [2.45, 2.75) is 43.8 Å². The second kappa shape index (κ2) is 12.6. The summed E-state index contributed by atoms with van der Waals surface area (Å²) in [5.74, 6) is -1.16. The molecule has 176 valence electrons. The predicted molar refractivity (Wildman–Crippen MR) is 126 cm³/mol. The number of thiol groups is 1. The number of hydrogen-bond acceptors (Lipinski definition) is 7. The number of primary amides is 1. The zero-order valence-corrected chi connectivity index (χ0v) is 19.7. The Labute approximate surface area is 197 Å². The second-order valence-corrected chi connectivity index (χ2v) is 8.89. The molecule has 1 aliphatic heterocycles. The molecular weight excluding hydrogens is 452 g/mol. The number of amides is 4. The molecule has 1 aromatic carbocycles. The highest BCUT2D eigenvalue weighted by atomic mass is 32.2. The number of aromatic hydroxyl groups is 1. The lowest BCUT2D eigenvalue weighted by Crippen LogP contribution is -2.56. The van der Waals surface area contributed by atoms with Gasteiger partial charge in [0.15, 0.2) is 0 Å². The van der Waals surface area contributed by atoms with E-state index in [1.165, 1.54) is 28.8 Å². The van der Waals surface area contributed by atoms with Crippen LogP contribution in [0.25, 0.3) is 0 Å². The summed E-state index contributed by atoms with van der Waals surface area (Å²) < 4.78 is 0. The first-order valence-corrected chi connectivity index (χ1v) is 12.4. The molecule has 4 amide bonds. The Balaban J connectivity index is 2.15. The average Bonchev–Trinajstić information content (AvgIpc) is 3.26. The van der Waals surface area contributed by atoms with Gasteiger partial charge in [-0.15, -0.1) is 0 Å². The zero-order chi connectivity index (χ0) is 23.7. The van der Waals surface area contributed by atoms with Gasteiger partial charge in [0.2, 0.25) is 23.6 Å². The highest BCUT2D eigenvalue weighted by Crippen LogP contribution is 2.21. The first kappa shape index (κ1) is 25.9. The summed E-state index contributed by atoms with van der Waals surface area (Å²) in [5, 5.41) is 14.8. The zero-order valence-electron chi connectivity index (χ0n) is 18.0. The summed E-state index contributed by atoms with van der Waals surface area (Å²) in [4.78, 5) is 51.4. The van der Waals surface area contributed by atoms with E-state index in [0.717, 1.165) is 5.56 Å². The van der Waals surface area contributed by atoms with Crippen molar-refractivity contribution in [2.24, 2.45) is 5.73 Å². The second-order valence-electron chi connectivity index (χ2n) is 7.58. The van der Waals surface area contributed by atoms with Gasteiger partial charge in [-0.25, -0.2) is 0 Å². The molecule has 0 radical (unpaired) electrons. The monoisotopic (exact) mass is 482 g/mol. The first-order chi connectivity index (χ1) is 15.3. The number of thioether (sulfide) groups is 1. The number of benzene rings is 1. The van der Waals surface area contributed by atoms with Crippen LogP contribution >= 0.6 is 24.4 Å². The van der Waals surface area contributed by atoms with E-state index in [1.807, 2.05) is 6.26 Å². The standard InChI is InChI=1S/C21H30N4O5S2/c1-32-10-8-15(19(22)28)24-20(29)17-3-2-9-25(17)21(30)16(23-18(27)12-31)11-13-4-6-14(26)7-5-13/h4-7,15-17,26,31H,2-3,8-12H2,1H3,(H2,22,28)(H,23,27)(H,24,29). The van der Waals surface area contributed by atoms with Crippen LogP contribution in [-0.4, -0.2) is 76.1 Å². The number of carbonyl (C=O) groups excluding carboxylic acids is 4. The van der Waals surface area contributed by atoms with Gasteiger partial charge in [-0.1, -0.05) is 12.1 Å². The molecule has 3 atom stereocenters. The maximum Gasteiger partial charge on any atom is 0.246 e. The van der Waals surface area contributed by atoms with Crippen LogP contribution < -0.4 is 16.4 Å². The van der Waals surface area contributed by atoms with Gasteiger partial charge < -0.3 is 26.4 Å². The van der Waals surface area contributed by atoms with Crippen molar-refractivity contribution in [2.75, 3.05) is 24.3 Å². The van der Waals surface area contributed by atoms with Crippen molar-refractivity contribution in [3.8, 4) is 5.75 Å². The molecule has 32 heavy (non-hydrogen) atoms. The summed E-state index contributed by atoms with van der Waals surface area (Å²) in [6.07, 6.45) is 3.58. The SMILES string of the molecule is CSCCC(NC(=O)C1CCCN1C(=O)C(Cc1ccc(O)cc1)NC(=O)CS)C(N)=O. The molecule has 0 bridgehead atoms. The topological polar surface area (TPSA) is 142 Å². The Hall–Kier alpha value is -2.40. The molecule has 5 N–H and O–H groups in total. The quantitative estimate of drug-likeness (QED) is 0.283. The molecule has 0 saturated carbocycles. The number of phenols is 1. The number of likely N-dealkylation sites (tertiary alicyclic amines) is 1. The Morgan fingerprint density at radius 1 is 1.22 bits per heavy atom. The largest absolute Gasteiger partial charge is 0.508 e. The third kappa shape index (κ3) is 7.33. The van der Waals surface area contributed by atoms with Gasteiger partial charge in [0.05, 0.1) is 5.75 Å². The number of nitrogens with zero attached hydrogens (tertiary/aromatic N) is 1. The van der Waals surface area contributed by atoms with Crippen LogP contribution in [0, 0.1) is 0 Å². The summed E-state index contributed by atoms with van der Waals surface area (Å²) in [5.41, 5.74) is 6.16. The molecule has 9 nitrogen and oxygen atoms in total. The van der Waals surface area contributed by atoms with E-state index in [2.05, 4.69) is 23.3 Å². The van der Waals surface area contributed by atoms with E-state index in [4.69, 9.17) is 5.73 Å². The third-order valence-corrected chi connectivity index (χ3v) is 6.19. The summed E-state index contributed by atoms with van der Waals surface area (Å²) >= 11 is 5.50. The van der Waals surface area contributed by atoms with Crippen molar-refractivity contribution in [3.05, 3.63) is 29.8 Å². The average molecular weight is 483 g/mol. The lowest BCUT2D eigenvalue weighted by atomic mass is 10.0. The van der Waals surface area contributed by atoms with Crippen LogP contribution in [0.3, 0.4) is 0 Å². The molecule has 0 aromatic heterocycles. The van der Waals surface area contributed by atoms with Gasteiger partial charge in [-0.2, -0.15) is 24.4 Å². The van der Waals surface area contributed by atoms with Crippen LogP contribution in [0.15, 0.2) is 24.3 Å². The van der Waals surface area contributed by atoms with Crippen molar-refractivity contribution in [1.82, 2.24) is 15.5 Å². The normalized spacial score (nSPS) is 17.4. The molecular formula is C21H30N4O5S2.